The zero-order valence-corrected chi connectivity index (χ0v) is 18.8. The van der Waals surface area contributed by atoms with Gasteiger partial charge in [-0.2, -0.15) is 0 Å². The first-order chi connectivity index (χ1) is 14.7. The van der Waals surface area contributed by atoms with Crippen LogP contribution < -0.4 is 16.0 Å². The molecule has 8 nitrogen and oxygen atoms in total. The van der Waals surface area contributed by atoms with E-state index in [1.165, 1.54) is 14.0 Å². The van der Waals surface area contributed by atoms with Crippen molar-refractivity contribution < 1.29 is 19.2 Å². The molecule has 1 fully saturated rings. The Balaban J connectivity index is 2.12. The standard InChI is InChI=1S/C23H34N4O4/c1-15(2)13-19(25-16(3)28)23(31)27-12-8-11-20(27)22(30)26-18(21(29)24-4)14-17-9-6-5-7-10-17/h5-7,9-10,15,18-20H,8,11-14H2,1-4H3,(H,24,29)(H,25,28)(H,26,30)/t18-,19-,20-/m0/s1. The molecule has 8 heteroatoms. The van der Waals surface area contributed by atoms with Crippen LogP contribution in [0.2, 0.25) is 0 Å². The van der Waals surface area contributed by atoms with Gasteiger partial charge in [-0.15, -0.1) is 0 Å². The Labute approximate surface area is 184 Å². The number of hydrogen-bond donors (Lipinski definition) is 3. The SMILES string of the molecule is CNC(=O)[C@H](Cc1ccccc1)NC(=O)[C@@H]1CCCN1C(=O)[C@H](CC(C)C)NC(C)=O. The van der Waals surface area contributed by atoms with E-state index in [0.29, 0.717) is 32.2 Å². The first kappa shape index (κ1) is 24.4. The Morgan fingerprint density at radius 1 is 1.06 bits per heavy atom. The predicted molar refractivity (Wildman–Crippen MR) is 118 cm³/mol. The van der Waals surface area contributed by atoms with Crippen molar-refractivity contribution in [3.8, 4) is 0 Å². The van der Waals surface area contributed by atoms with E-state index in [0.717, 1.165) is 5.56 Å². The van der Waals surface area contributed by atoms with Gasteiger partial charge in [-0.1, -0.05) is 44.2 Å². The van der Waals surface area contributed by atoms with Crippen LogP contribution in [0.15, 0.2) is 30.3 Å². The number of likely N-dealkylation sites (tertiary alicyclic amines) is 1. The summed E-state index contributed by atoms with van der Waals surface area (Å²) in [7, 11) is 1.53. The summed E-state index contributed by atoms with van der Waals surface area (Å²) in [5.41, 5.74) is 0.929. The van der Waals surface area contributed by atoms with Gasteiger partial charge in [0.1, 0.15) is 18.1 Å². The first-order valence-electron chi connectivity index (χ1n) is 10.9. The lowest BCUT2D eigenvalue weighted by atomic mass is 10.0. The molecule has 1 saturated heterocycles. The third kappa shape index (κ3) is 7.08. The van der Waals surface area contributed by atoms with Crippen LogP contribution in [-0.2, 0) is 25.6 Å². The Morgan fingerprint density at radius 3 is 2.32 bits per heavy atom. The fourth-order valence-electron chi connectivity index (χ4n) is 3.94. The molecule has 3 atom stereocenters. The molecular formula is C23H34N4O4. The van der Waals surface area contributed by atoms with Crippen molar-refractivity contribution in [2.75, 3.05) is 13.6 Å². The van der Waals surface area contributed by atoms with E-state index in [1.807, 2.05) is 44.2 Å². The van der Waals surface area contributed by atoms with E-state index in [-0.39, 0.29) is 29.5 Å². The zero-order chi connectivity index (χ0) is 23.0. The fraction of sp³-hybridized carbons (Fsp3) is 0.565. The van der Waals surface area contributed by atoms with Gasteiger partial charge in [0, 0.05) is 26.9 Å². The normalized spacial score (nSPS) is 17.7. The molecule has 2 rings (SSSR count). The van der Waals surface area contributed by atoms with Crippen molar-refractivity contribution >= 4 is 23.6 Å². The quantitative estimate of drug-likeness (QED) is 0.543. The Bertz CT molecular complexity index is 781. The molecule has 4 amide bonds. The average molecular weight is 431 g/mol. The number of likely N-dealkylation sites (N-methyl/N-ethyl adjacent to an activating group) is 1. The molecule has 0 unspecified atom stereocenters. The van der Waals surface area contributed by atoms with Gasteiger partial charge in [0.05, 0.1) is 0 Å². The lowest BCUT2D eigenvalue weighted by Gasteiger charge is -2.30. The van der Waals surface area contributed by atoms with Gasteiger partial charge in [0.25, 0.3) is 0 Å². The van der Waals surface area contributed by atoms with Crippen LogP contribution in [0, 0.1) is 5.92 Å². The Kier molecular flexibility index (Phi) is 9.03. The summed E-state index contributed by atoms with van der Waals surface area (Å²) in [6.07, 6.45) is 2.08. The Hall–Kier alpha value is -2.90. The van der Waals surface area contributed by atoms with Crippen molar-refractivity contribution in [3.05, 3.63) is 35.9 Å². The number of carbonyl (C=O) groups is 4. The van der Waals surface area contributed by atoms with Crippen molar-refractivity contribution in [3.63, 3.8) is 0 Å². The number of hydrogen-bond acceptors (Lipinski definition) is 4. The van der Waals surface area contributed by atoms with Crippen molar-refractivity contribution in [2.45, 2.75) is 64.6 Å². The molecule has 1 aromatic carbocycles. The molecule has 1 aliphatic heterocycles. The third-order valence-electron chi connectivity index (χ3n) is 5.38. The van der Waals surface area contributed by atoms with Crippen LogP contribution in [0.3, 0.4) is 0 Å². The molecule has 1 aliphatic rings. The molecular weight excluding hydrogens is 396 g/mol. The van der Waals surface area contributed by atoms with E-state index in [1.54, 1.807) is 4.90 Å². The zero-order valence-electron chi connectivity index (χ0n) is 18.8. The highest BCUT2D eigenvalue weighted by atomic mass is 16.2. The number of benzene rings is 1. The number of carbonyl (C=O) groups excluding carboxylic acids is 4. The molecule has 3 N–H and O–H groups in total. The number of amides is 4. The highest BCUT2D eigenvalue weighted by Crippen LogP contribution is 2.21. The van der Waals surface area contributed by atoms with Crippen LogP contribution in [0.5, 0.6) is 0 Å². The molecule has 0 aromatic heterocycles. The minimum atomic E-state index is -0.737. The summed E-state index contributed by atoms with van der Waals surface area (Å²) in [4.78, 5) is 51.7. The largest absolute Gasteiger partial charge is 0.357 e. The van der Waals surface area contributed by atoms with Gasteiger partial charge in [0.15, 0.2) is 0 Å². The van der Waals surface area contributed by atoms with Gasteiger partial charge in [-0.3, -0.25) is 19.2 Å². The fourth-order valence-corrected chi connectivity index (χ4v) is 3.94. The lowest BCUT2D eigenvalue weighted by Crippen LogP contribution is -2.56. The number of nitrogens with zero attached hydrogens (tertiary/aromatic N) is 1. The monoisotopic (exact) mass is 430 g/mol. The van der Waals surface area contributed by atoms with Gasteiger partial charge < -0.3 is 20.9 Å². The smallest absolute Gasteiger partial charge is 0.245 e. The maximum atomic E-state index is 13.2. The van der Waals surface area contributed by atoms with Gasteiger partial charge >= 0.3 is 0 Å². The number of nitrogens with one attached hydrogen (secondary N) is 3. The lowest BCUT2D eigenvalue weighted by molar-refractivity contribution is -0.142. The molecule has 0 radical (unpaired) electrons. The Morgan fingerprint density at radius 2 is 1.74 bits per heavy atom. The third-order valence-corrected chi connectivity index (χ3v) is 5.38. The summed E-state index contributed by atoms with van der Waals surface area (Å²) >= 11 is 0. The molecule has 0 bridgehead atoms. The molecule has 0 aliphatic carbocycles. The second-order valence-electron chi connectivity index (χ2n) is 8.44. The van der Waals surface area contributed by atoms with Crippen molar-refractivity contribution in [1.82, 2.24) is 20.9 Å². The van der Waals surface area contributed by atoms with Crippen LogP contribution in [0.1, 0.15) is 45.6 Å². The average Bonchev–Trinajstić information content (AvgIpc) is 3.21. The second kappa shape index (κ2) is 11.5. The van der Waals surface area contributed by atoms with Crippen molar-refractivity contribution in [2.24, 2.45) is 5.92 Å². The van der Waals surface area contributed by atoms with Crippen molar-refractivity contribution in [1.29, 1.82) is 0 Å². The highest BCUT2D eigenvalue weighted by Gasteiger charge is 2.38. The van der Waals surface area contributed by atoms with E-state index in [4.69, 9.17) is 0 Å². The molecule has 170 valence electrons. The molecule has 0 spiro atoms. The predicted octanol–water partition coefficient (Wildman–Crippen LogP) is 1.00. The molecule has 0 saturated carbocycles. The van der Waals surface area contributed by atoms with Gasteiger partial charge in [0.2, 0.25) is 23.6 Å². The topological polar surface area (TPSA) is 108 Å². The van der Waals surface area contributed by atoms with Gasteiger partial charge in [-0.25, -0.2) is 0 Å². The van der Waals surface area contributed by atoms with E-state index in [9.17, 15) is 19.2 Å². The van der Waals surface area contributed by atoms with E-state index >= 15 is 0 Å². The summed E-state index contributed by atoms with van der Waals surface area (Å²) in [6.45, 7) is 5.79. The highest BCUT2D eigenvalue weighted by molar-refractivity contribution is 5.94. The van der Waals surface area contributed by atoms with E-state index in [2.05, 4.69) is 16.0 Å². The second-order valence-corrected chi connectivity index (χ2v) is 8.44. The van der Waals surface area contributed by atoms with Crippen LogP contribution in [0.4, 0.5) is 0 Å². The summed E-state index contributed by atoms with van der Waals surface area (Å²) in [6, 6.07) is 7.40. The van der Waals surface area contributed by atoms with E-state index < -0.39 is 18.1 Å². The minimum absolute atomic E-state index is 0.208. The van der Waals surface area contributed by atoms with Crippen LogP contribution in [0.25, 0.3) is 0 Å². The maximum Gasteiger partial charge on any atom is 0.245 e. The molecule has 1 aromatic rings. The van der Waals surface area contributed by atoms with Crippen LogP contribution >= 0.6 is 0 Å². The summed E-state index contributed by atoms with van der Waals surface area (Å²) in [5.74, 6) is -0.951. The van der Waals surface area contributed by atoms with Crippen LogP contribution in [-0.4, -0.2) is 60.2 Å². The maximum absolute atomic E-state index is 13.2. The minimum Gasteiger partial charge on any atom is -0.357 e. The molecule has 31 heavy (non-hydrogen) atoms. The first-order valence-corrected chi connectivity index (χ1v) is 10.9. The summed E-state index contributed by atoms with van der Waals surface area (Å²) in [5, 5.41) is 8.15. The summed E-state index contributed by atoms with van der Waals surface area (Å²) < 4.78 is 0. The number of rotatable bonds is 9. The van der Waals surface area contributed by atoms with Gasteiger partial charge in [-0.05, 0) is 30.7 Å². The molecule has 1 heterocycles.